The van der Waals surface area contributed by atoms with Crippen LogP contribution < -0.4 is 15.4 Å². The van der Waals surface area contributed by atoms with Crippen LogP contribution in [0.4, 0.5) is 9.18 Å². The van der Waals surface area contributed by atoms with Gasteiger partial charge in [0.2, 0.25) is 0 Å². The first-order valence-corrected chi connectivity index (χ1v) is 6.62. The largest absolute Gasteiger partial charge is 0.492 e. The van der Waals surface area contributed by atoms with Crippen molar-refractivity contribution >= 4 is 6.03 Å². The molecular weight excluding hydrogens is 247 g/mol. The van der Waals surface area contributed by atoms with Crippen molar-refractivity contribution in [3.8, 4) is 5.75 Å². The molecule has 1 aromatic carbocycles. The van der Waals surface area contributed by atoms with Gasteiger partial charge < -0.3 is 15.4 Å². The van der Waals surface area contributed by atoms with E-state index >= 15 is 0 Å². The highest BCUT2D eigenvalue weighted by atomic mass is 19.1. The summed E-state index contributed by atoms with van der Waals surface area (Å²) in [6.45, 7) is 3.58. The molecule has 0 saturated heterocycles. The van der Waals surface area contributed by atoms with E-state index in [1.165, 1.54) is 12.1 Å². The Morgan fingerprint density at radius 1 is 1.16 bits per heavy atom. The number of hydrogen-bond donors (Lipinski definition) is 2. The van der Waals surface area contributed by atoms with Gasteiger partial charge in [-0.3, -0.25) is 0 Å². The summed E-state index contributed by atoms with van der Waals surface area (Å²) in [7, 11) is 0. The number of ether oxygens (including phenoxy) is 1. The van der Waals surface area contributed by atoms with Gasteiger partial charge in [-0.05, 0) is 30.7 Å². The first-order valence-electron chi connectivity index (χ1n) is 6.62. The Bertz CT molecular complexity index is 368. The number of urea groups is 1. The van der Waals surface area contributed by atoms with E-state index in [0.29, 0.717) is 25.4 Å². The van der Waals surface area contributed by atoms with Crippen molar-refractivity contribution in [2.45, 2.75) is 26.2 Å². The lowest BCUT2D eigenvalue weighted by Crippen LogP contribution is -2.38. The Morgan fingerprint density at radius 3 is 2.53 bits per heavy atom. The highest BCUT2D eigenvalue weighted by molar-refractivity contribution is 5.73. The predicted octanol–water partition coefficient (Wildman–Crippen LogP) is 2.69. The highest BCUT2D eigenvalue weighted by Gasteiger charge is 1.99. The van der Waals surface area contributed by atoms with E-state index in [9.17, 15) is 9.18 Å². The van der Waals surface area contributed by atoms with Gasteiger partial charge in [-0.25, -0.2) is 9.18 Å². The van der Waals surface area contributed by atoms with Crippen LogP contribution in [0.3, 0.4) is 0 Å². The van der Waals surface area contributed by atoms with Gasteiger partial charge in [0.25, 0.3) is 0 Å². The van der Waals surface area contributed by atoms with E-state index in [1.807, 2.05) is 0 Å². The Balaban J connectivity index is 2.03. The SMILES string of the molecule is CCCCCNC(=O)NCCOc1ccc(F)cc1. The molecule has 2 amide bonds. The summed E-state index contributed by atoms with van der Waals surface area (Å²) < 4.78 is 18.0. The maximum atomic E-state index is 12.6. The van der Waals surface area contributed by atoms with Crippen molar-refractivity contribution in [2.24, 2.45) is 0 Å². The Hall–Kier alpha value is -1.78. The molecule has 0 aliphatic carbocycles. The molecule has 0 fully saturated rings. The molecule has 0 aliphatic rings. The quantitative estimate of drug-likeness (QED) is 0.712. The summed E-state index contributed by atoms with van der Waals surface area (Å²) >= 11 is 0. The number of halogens is 1. The third kappa shape index (κ3) is 7.28. The van der Waals surface area contributed by atoms with E-state index in [2.05, 4.69) is 17.6 Å². The van der Waals surface area contributed by atoms with E-state index in [-0.39, 0.29) is 11.8 Å². The standard InChI is InChI=1S/C14H21FN2O2/c1-2-3-4-9-16-14(18)17-10-11-19-13-7-5-12(15)6-8-13/h5-8H,2-4,9-11H2,1H3,(H2,16,17,18). The molecule has 0 aliphatic heterocycles. The molecule has 0 heterocycles. The second-order valence-electron chi connectivity index (χ2n) is 4.19. The second kappa shape index (κ2) is 9.19. The van der Waals surface area contributed by atoms with Crippen LogP contribution in [0.1, 0.15) is 26.2 Å². The van der Waals surface area contributed by atoms with Gasteiger partial charge >= 0.3 is 6.03 Å². The van der Waals surface area contributed by atoms with Crippen molar-refractivity contribution in [3.63, 3.8) is 0 Å². The minimum atomic E-state index is -0.295. The van der Waals surface area contributed by atoms with Crippen LogP contribution in [-0.4, -0.2) is 25.7 Å². The fourth-order valence-corrected chi connectivity index (χ4v) is 1.50. The first-order chi connectivity index (χ1) is 9.22. The lowest BCUT2D eigenvalue weighted by atomic mass is 10.2. The number of carbonyl (C=O) groups excluding carboxylic acids is 1. The Morgan fingerprint density at radius 2 is 1.84 bits per heavy atom. The van der Waals surface area contributed by atoms with E-state index in [1.54, 1.807) is 12.1 Å². The van der Waals surface area contributed by atoms with Gasteiger partial charge in [0.15, 0.2) is 0 Å². The van der Waals surface area contributed by atoms with Gasteiger partial charge in [0.05, 0.1) is 6.54 Å². The highest BCUT2D eigenvalue weighted by Crippen LogP contribution is 2.10. The molecule has 106 valence electrons. The van der Waals surface area contributed by atoms with Crippen LogP contribution in [-0.2, 0) is 0 Å². The fourth-order valence-electron chi connectivity index (χ4n) is 1.50. The number of rotatable bonds is 8. The van der Waals surface area contributed by atoms with Gasteiger partial charge in [0.1, 0.15) is 18.2 Å². The maximum absolute atomic E-state index is 12.6. The third-order valence-electron chi connectivity index (χ3n) is 2.54. The number of unbranched alkanes of at least 4 members (excludes halogenated alkanes) is 2. The van der Waals surface area contributed by atoms with Crippen LogP contribution in [0.2, 0.25) is 0 Å². The molecule has 0 aromatic heterocycles. The van der Waals surface area contributed by atoms with Crippen LogP contribution in [0.5, 0.6) is 5.75 Å². The zero-order chi connectivity index (χ0) is 13.9. The molecule has 4 nitrogen and oxygen atoms in total. The Kier molecular flexibility index (Phi) is 7.39. The monoisotopic (exact) mass is 268 g/mol. The van der Waals surface area contributed by atoms with E-state index in [0.717, 1.165) is 19.3 Å². The summed E-state index contributed by atoms with van der Waals surface area (Å²) in [6.07, 6.45) is 3.25. The van der Waals surface area contributed by atoms with Gasteiger partial charge in [-0.15, -0.1) is 0 Å². The van der Waals surface area contributed by atoms with Crippen molar-refractivity contribution in [2.75, 3.05) is 19.7 Å². The molecule has 0 spiro atoms. The number of hydrogen-bond acceptors (Lipinski definition) is 2. The number of benzene rings is 1. The number of carbonyl (C=O) groups is 1. The molecule has 1 rings (SSSR count). The summed E-state index contributed by atoms with van der Waals surface area (Å²) in [6, 6.07) is 5.60. The third-order valence-corrected chi connectivity index (χ3v) is 2.54. The molecule has 1 aromatic rings. The average molecular weight is 268 g/mol. The van der Waals surface area contributed by atoms with Crippen LogP contribution in [0.15, 0.2) is 24.3 Å². The topological polar surface area (TPSA) is 50.4 Å². The van der Waals surface area contributed by atoms with Crippen molar-refractivity contribution in [3.05, 3.63) is 30.1 Å². The van der Waals surface area contributed by atoms with Crippen LogP contribution >= 0.6 is 0 Å². The maximum Gasteiger partial charge on any atom is 0.314 e. The molecule has 0 radical (unpaired) electrons. The smallest absolute Gasteiger partial charge is 0.314 e. The van der Waals surface area contributed by atoms with Crippen LogP contribution in [0.25, 0.3) is 0 Å². The zero-order valence-corrected chi connectivity index (χ0v) is 11.2. The molecular formula is C14H21FN2O2. The molecule has 5 heteroatoms. The number of nitrogens with one attached hydrogen (secondary N) is 2. The van der Waals surface area contributed by atoms with Crippen molar-refractivity contribution < 1.29 is 13.9 Å². The molecule has 19 heavy (non-hydrogen) atoms. The van der Waals surface area contributed by atoms with Crippen molar-refractivity contribution in [1.82, 2.24) is 10.6 Å². The molecule has 0 saturated carbocycles. The molecule has 2 N–H and O–H groups in total. The number of amides is 2. The summed E-state index contributed by atoms with van der Waals surface area (Å²) in [4.78, 5) is 11.3. The summed E-state index contributed by atoms with van der Waals surface area (Å²) in [5, 5.41) is 5.46. The zero-order valence-electron chi connectivity index (χ0n) is 11.2. The average Bonchev–Trinajstić information content (AvgIpc) is 2.42. The fraction of sp³-hybridized carbons (Fsp3) is 0.500. The van der Waals surface area contributed by atoms with E-state index in [4.69, 9.17) is 4.74 Å². The lowest BCUT2D eigenvalue weighted by Gasteiger charge is -2.08. The first kappa shape index (κ1) is 15.3. The Labute approximate surface area is 113 Å². The van der Waals surface area contributed by atoms with Crippen molar-refractivity contribution in [1.29, 1.82) is 0 Å². The minimum absolute atomic E-state index is 0.182. The second-order valence-corrected chi connectivity index (χ2v) is 4.19. The van der Waals surface area contributed by atoms with Gasteiger partial charge in [0, 0.05) is 6.54 Å². The molecule has 0 bridgehead atoms. The molecule has 0 atom stereocenters. The van der Waals surface area contributed by atoms with Gasteiger partial charge in [-0.2, -0.15) is 0 Å². The van der Waals surface area contributed by atoms with Crippen LogP contribution in [0, 0.1) is 5.82 Å². The lowest BCUT2D eigenvalue weighted by molar-refractivity contribution is 0.236. The predicted molar refractivity (Wildman–Crippen MR) is 72.8 cm³/mol. The summed E-state index contributed by atoms with van der Waals surface area (Å²) in [5.74, 6) is 0.295. The minimum Gasteiger partial charge on any atom is -0.492 e. The van der Waals surface area contributed by atoms with E-state index < -0.39 is 0 Å². The molecule has 0 unspecified atom stereocenters. The van der Waals surface area contributed by atoms with Gasteiger partial charge in [-0.1, -0.05) is 19.8 Å². The normalized spacial score (nSPS) is 10.0. The summed E-state index contributed by atoms with van der Waals surface area (Å²) in [5.41, 5.74) is 0.